The van der Waals surface area contributed by atoms with Gasteiger partial charge in [0.1, 0.15) is 6.10 Å². The summed E-state index contributed by atoms with van der Waals surface area (Å²) in [5.74, 6) is 0. The molecule has 3 rings (SSSR count). The molecule has 0 spiro atoms. The van der Waals surface area contributed by atoms with Crippen LogP contribution in [0.15, 0.2) is 42.9 Å². The largest absolute Gasteiger partial charge is 0.382 e. The van der Waals surface area contributed by atoms with Crippen molar-refractivity contribution in [2.75, 3.05) is 0 Å². The van der Waals surface area contributed by atoms with Crippen molar-refractivity contribution >= 4 is 11.0 Å². The van der Waals surface area contributed by atoms with Crippen LogP contribution in [0.3, 0.4) is 0 Å². The molecule has 0 aliphatic rings. The normalized spacial score (nSPS) is 12.7. The van der Waals surface area contributed by atoms with E-state index in [1.165, 1.54) is 0 Å². The lowest BCUT2D eigenvalue weighted by Gasteiger charge is -2.13. The lowest BCUT2D eigenvalue weighted by molar-refractivity contribution is 0.207. The van der Waals surface area contributed by atoms with Crippen LogP contribution >= 0.6 is 0 Å². The number of aryl methyl sites for hydroxylation is 1. The topological polar surface area (TPSA) is 63.8 Å². The third kappa shape index (κ3) is 2.28. The predicted octanol–water partition coefficient (Wildman–Crippen LogP) is 2.32. The first-order chi connectivity index (χ1) is 9.79. The van der Waals surface area contributed by atoms with E-state index in [9.17, 15) is 5.11 Å². The van der Waals surface area contributed by atoms with Crippen LogP contribution in [0.2, 0.25) is 0 Å². The average molecular weight is 268 g/mol. The highest BCUT2D eigenvalue weighted by Crippen LogP contribution is 2.24. The van der Waals surface area contributed by atoms with Crippen LogP contribution in [0.4, 0.5) is 0 Å². The molecule has 5 nitrogen and oxygen atoms in total. The highest BCUT2D eigenvalue weighted by molar-refractivity contribution is 5.74. The molecule has 0 saturated heterocycles. The summed E-state index contributed by atoms with van der Waals surface area (Å²) in [5.41, 5.74) is 3.21. The first kappa shape index (κ1) is 12.7. The van der Waals surface area contributed by atoms with Gasteiger partial charge in [0.05, 0.1) is 16.7 Å². The summed E-state index contributed by atoms with van der Waals surface area (Å²) in [5, 5.41) is 14.8. The number of aliphatic hydroxyl groups excluding tert-OH is 1. The second kappa shape index (κ2) is 5.38. The third-order valence-corrected chi connectivity index (χ3v) is 3.27. The van der Waals surface area contributed by atoms with Crippen LogP contribution in [0, 0.1) is 0 Å². The smallest absolute Gasteiger partial charge is 0.121 e. The van der Waals surface area contributed by atoms with Gasteiger partial charge in [-0.05, 0) is 30.2 Å². The van der Waals surface area contributed by atoms with Gasteiger partial charge in [0.2, 0.25) is 0 Å². The van der Waals surface area contributed by atoms with E-state index in [1.54, 1.807) is 18.6 Å². The van der Waals surface area contributed by atoms with Crippen LogP contribution in [-0.4, -0.2) is 24.9 Å². The summed E-state index contributed by atoms with van der Waals surface area (Å²) < 4.78 is 1.84. The van der Waals surface area contributed by atoms with E-state index in [2.05, 4.69) is 22.0 Å². The molecule has 102 valence electrons. The van der Waals surface area contributed by atoms with E-state index >= 15 is 0 Å². The van der Waals surface area contributed by atoms with Crippen LogP contribution in [-0.2, 0) is 6.54 Å². The van der Waals surface area contributed by atoms with Crippen LogP contribution in [0.5, 0.6) is 0 Å². The molecule has 3 aromatic rings. The Morgan fingerprint density at radius 1 is 1.10 bits per heavy atom. The molecular weight excluding hydrogens is 252 g/mol. The summed E-state index contributed by atoms with van der Waals surface area (Å²) in [7, 11) is 0. The van der Waals surface area contributed by atoms with Gasteiger partial charge in [-0.15, -0.1) is 0 Å². The van der Waals surface area contributed by atoms with E-state index in [1.807, 2.05) is 28.9 Å². The second-order valence-corrected chi connectivity index (χ2v) is 4.69. The summed E-state index contributed by atoms with van der Waals surface area (Å²) in [6.45, 7) is 2.89. The molecule has 1 atom stereocenters. The van der Waals surface area contributed by atoms with Gasteiger partial charge in [-0.25, -0.2) is 0 Å². The molecule has 0 aliphatic heterocycles. The van der Waals surface area contributed by atoms with E-state index in [4.69, 9.17) is 0 Å². The molecule has 2 aromatic heterocycles. The fourth-order valence-corrected chi connectivity index (χ4v) is 2.29. The number of nitrogens with zero attached hydrogens (tertiary/aromatic N) is 4. The molecule has 5 heteroatoms. The first-order valence-electron chi connectivity index (χ1n) is 6.70. The van der Waals surface area contributed by atoms with Crippen molar-refractivity contribution < 1.29 is 5.11 Å². The zero-order valence-electron chi connectivity index (χ0n) is 11.3. The fraction of sp³-hybridized carbons (Fsp3) is 0.267. The lowest BCUT2D eigenvalue weighted by Crippen LogP contribution is -2.10. The van der Waals surface area contributed by atoms with Gasteiger partial charge in [0.25, 0.3) is 0 Å². The van der Waals surface area contributed by atoms with Crippen molar-refractivity contribution in [3.05, 3.63) is 54.1 Å². The molecule has 20 heavy (non-hydrogen) atoms. The Kier molecular flexibility index (Phi) is 3.43. The molecule has 0 saturated carbocycles. The van der Waals surface area contributed by atoms with Crippen LogP contribution in [0.25, 0.3) is 11.0 Å². The Morgan fingerprint density at radius 3 is 2.70 bits per heavy atom. The minimum atomic E-state index is -0.699. The van der Waals surface area contributed by atoms with Gasteiger partial charge in [-0.1, -0.05) is 13.0 Å². The summed E-state index contributed by atoms with van der Waals surface area (Å²) >= 11 is 0. The van der Waals surface area contributed by atoms with Crippen molar-refractivity contribution in [2.45, 2.75) is 26.0 Å². The Balaban J connectivity index is 1.99. The summed E-state index contributed by atoms with van der Waals surface area (Å²) in [4.78, 5) is 8.50. The maximum atomic E-state index is 10.5. The zero-order chi connectivity index (χ0) is 13.9. The maximum Gasteiger partial charge on any atom is 0.121 e. The van der Waals surface area contributed by atoms with Gasteiger partial charge in [-0.3, -0.25) is 14.6 Å². The molecule has 1 aromatic carbocycles. The minimum absolute atomic E-state index is 0.699. The molecule has 0 amide bonds. The third-order valence-electron chi connectivity index (χ3n) is 3.27. The Labute approximate surface area is 116 Å². The summed E-state index contributed by atoms with van der Waals surface area (Å²) in [6.07, 6.45) is 5.31. The molecule has 2 heterocycles. The molecule has 0 radical (unpaired) electrons. The molecule has 0 aliphatic carbocycles. The van der Waals surface area contributed by atoms with E-state index in [0.29, 0.717) is 0 Å². The van der Waals surface area contributed by atoms with Crippen molar-refractivity contribution in [1.29, 1.82) is 0 Å². The standard InChI is InChI=1S/C15H16N4O/c1-2-9-19-14(5-6-18-19)15(20)11-3-4-12-13(10-11)17-8-7-16-12/h3-8,10,15,20H,2,9H2,1H3. The molecule has 1 unspecified atom stereocenters. The SMILES string of the molecule is CCCn1nccc1C(O)c1ccc2nccnc2c1. The summed E-state index contributed by atoms with van der Waals surface area (Å²) in [6, 6.07) is 7.48. The van der Waals surface area contributed by atoms with E-state index < -0.39 is 6.10 Å². The first-order valence-corrected chi connectivity index (χ1v) is 6.70. The molecular formula is C15H16N4O. The monoisotopic (exact) mass is 268 g/mol. The van der Waals surface area contributed by atoms with Crippen LogP contribution in [0.1, 0.15) is 30.7 Å². The second-order valence-electron chi connectivity index (χ2n) is 4.69. The minimum Gasteiger partial charge on any atom is -0.382 e. The van der Waals surface area contributed by atoms with Crippen molar-refractivity contribution in [3.8, 4) is 0 Å². The molecule has 1 N–H and O–H groups in total. The quantitative estimate of drug-likeness (QED) is 0.788. The van der Waals surface area contributed by atoms with E-state index in [-0.39, 0.29) is 0 Å². The van der Waals surface area contributed by atoms with Crippen LogP contribution < -0.4 is 0 Å². The highest BCUT2D eigenvalue weighted by Gasteiger charge is 2.15. The van der Waals surface area contributed by atoms with Gasteiger partial charge < -0.3 is 5.11 Å². The Morgan fingerprint density at radius 2 is 1.90 bits per heavy atom. The Bertz CT molecular complexity index is 722. The number of hydrogen-bond acceptors (Lipinski definition) is 4. The number of aromatic nitrogens is 4. The number of rotatable bonds is 4. The predicted molar refractivity (Wildman–Crippen MR) is 76.1 cm³/mol. The molecule has 0 bridgehead atoms. The van der Waals surface area contributed by atoms with E-state index in [0.717, 1.165) is 35.3 Å². The van der Waals surface area contributed by atoms with Gasteiger partial charge >= 0.3 is 0 Å². The number of hydrogen-bond donors (Lipinski definition) is 1. The van der Waals surface area contributed by atoms with Gasteiger partial charge in [-0.2, -0.15) is 5.10 Å². The highest BCUT2D eigenvalue weighted by atomic mass is 16.3. The number of aliphatic hydroxyl groups is 1. The fourth-order valence-electron chi connectivity index (χ4n) is 2.29. The number of fused-ring (bicyclic) bond motifs is 1. The van der Waals surface area contributed by atoms with Crippen molar-refractivity contribution in [3.63, 3.8) is 0 Å². The van der Waals surface area contributed by atoms with Gasteiger partial charge in [0.15, 0.2) is 0 Å². The number of benzene rings is 1. The van der Waals surface area contributed by atoms with Crippen molar-refractivity contribution in [2.24, 2.45) is 0 Å². The average Bonchev–Trinajstić information content (AvgIpc) is 2.94. The molecule has 0 fully saturated rings. The lowest BCUT2D eigenvalue weighted by atomic mass is 10.1. The van der Waals surface area contributed by atoms with Crippen molar-refractivity contribution in [1.82, 2.24) is 19.7 Å². The van der Waals surface area contributed by atoms with Gasteiger partial charge in [0, 0.05) is 25.1 Å². The maximum absolute atomic E-state index is 10.5. The zero-order valence-corrected chi connectivity index (χ0v) is 11.3. The Hall–Kier alpha value is -2.27.